The molecule has 0 fully saturated rings. The van der Waals surface area contributed by atoms with Crippen molar-refractivity contribution in [2.45, 2.75) is 71.1 Å². The molecule has 0 atom stereocenters. The third-order valence-corrected chi connectivity index (χ3v) is 3.54. The first-order chi connectivity index (χ1) is 10.3. The van der Waals surface area contributed by atoms with Crippen molar-refractivity contribution in [3.63, 3.8) is 0 Å². The Kier molecular flexibility index (Phi) is 10.2. The van der Waals surface area contributed by atoms with Gasteiger partial charge >= 0.3 is 5.97 Å². The van der Waals surface area contributed by atoms with Crippen LogP contribution in [0.2, 0.25) is 0 Å². The summed E-state index contributed by atoms with van der Waals surface area (Å²) in [4.78, 5) is 16.5. The topological polar surface area (TPSA) is 38.3 Å². The smallest absolute Gasteiger partial charge is 0.332 e. The van der Waals surface area contributed by atoms with E-state index < -0.39 is 0 Å². The minimum atomic E-state index is -0.179. The number of rotatable bonds is 12. The van der Waals surface area contributed by atoms with Crippen LogP contribution in [-0.2, 0) is 9.63 Å². The molecule has 0 unspecified atom stereocenters. The van der Waals surface area contributed by atoms with Crippen LogP contribution >= 0.6 is 0 Å². The predicted octanol–water partition coefficient (Wildman–Crippen LogP) is 5.48. The van der Waals surface area contributed by atoms with Gasteiger partial charge in [0.2, 0.25) is 0 Å². The number of carbonyl (C=O) groups excluding carboxylic acids is 1. The van der Waals surface area contributed by atoms with E-state index >= 15 is 0 Å². The zero-order chi connectivity index (χ0) is 15.2. The van der Waals surface area contributed by atoms with Crippen LogP contribution < -0.4 is 5.48 Å². The fourth-order valence-electron chi connectivity index (χ4n) is 2.25. The molecule has 21 heavy (non-hydrogen) atoms. The van der Waals surface area contributed by atoms with Crippen LogP contribution in [-0.4, -0.2) is 5.97 Å². The summed E-state index contributed by atoms with van der Waals surface area (Å²) in [6.07, 6.45) is 11.8. The second-order valence-electron chi connectivity index (χ2n) is 5.52. The number of anilines is 1. The van der Waals surface area contributed by atoms with Crippen LogP contribution in [0.4, 0.5) is 5.69 Å². The van der Waals surface area contributed by atoms with E-state index in [1.165, 1.54) is 44.9 Å². The summed E-state index contributed by atoms with van der Waals surface area (Å²) < 4.78 is 0. The molecule has 0 aliphatic rings. The first kappa shape index (κ1) is 17.5. The van der Waals surface area contributed by atoms with Crippen molar-refractivity contribution in [1.82, 2.24) is 0 Å². The van der Waals surface area contributed by atoms with Crippen LogP contribution in [0.15, 0.2) is 30.3 Å². The minimum absolute atomic E-state index is 0.179. The number of para-hydroxylation sites is 1. The molecule has 1 rings (SSSR count). The molecule has 3 nitrogen and oxygen atoms in total. The lowest BCUT2D eigenvalue weighted by Crippen LogP contribution is -2.09. The normalized spacial score (nSPS) is 10.3. The lowest BCUT2D eigenvalue weighted by Gasteiger charge is -2.06. The molecule has 3 heteroatoms. The Morgan fingerprint density at radius 2 is 1.48 bits per heavy atom. The fourth-order valence-corrected chi connectivity index (χ4v) is 2.25. The van der Waals surface area contributed by atoms with E-state index in [-0.39, 0.29) is 5.97 Å². The second-order valence-corrected chi connectivity index (χ2v) is 5.52. The van der Waals surface area contributed by atoms with Gasteiger partial charge in [-0.15, -0.1) is 0 Å². The molecule has 0 saturated heterocycles. The number of nitrogens with one attached hydrogen (secondary N) is 1. The van der Waals surface area contributed by atoms with Crippen molar-refractivity contribution in [1.29, 1.82) is 0 Å². The Morgan fingerprint density at radius 3 is 2.10 bits per heavy atom. The highest BCUT2D eigenvalue weighted by molar-refractivity contribution is 5.70. The van der Waals surface area contributed by atoms with Gasteiger partial charge in [0.25, 0.3) is 0 Å². The van der Waals surface area contributed by atoms with Crippen molar-refractivity contribution in [3.05, 3.63) is 30.3 Å². The maximum absolute atomic E-state index is 11.5. The summed E-state index contributed by atoms with van der Waals surface area (Å²) in [5.74, 6) is -0.179. The third kappa shape index (κ3) is 9.94. The highest BCUT2D eigenvalue weighted by atomic mass is 16.7. The van der Waals surface area contributed by atoms with Crippen molar-refractivity contribution in [2.24, 2.45) is 0 Å². The zero-order valence-corrected chi connectivity index (χ0v) is 13.3. The van der Waals surface area contributed by atoms with E-state index in [2.05, 4.69) is 12.4 Å². The molecule has 1 N–H and O–H groups in total. The Morgan fingerprint density at radius 1 is 0.905 bits per heavy atom. The maximum Gasteiger partial charge on any atom is 0.332 e. The van der Waals surface area contributed by atoms with Gasteiger partial charge < -0.3 is 4.84 Å². The molecule has 0 aliphatic carbocycles. The summed E-state index contributed by atoms with van der Waals surface area (Å²) in [7, 11) is 0. The molecular formula is C18H29NO2. The van der Waals surface area contributed by atoms with Gasteiger partial charge in [0, 0.05) is 6.42 Å². The van der Waals surface area contributed by atoms with E-state index in [1.54, 1.807) is 0 Å². The summed E-state index contributed by atoms with van der Waals surface area (Å²) in [5.41, 5.74) is 3.48. The molecule has 0 saturated carbocycles. The standard InChI is InChI=1S/C18H29NO2/c1-2-3-4-5-6-7-8-9-13-16-18(20)21-19-17-14-11-10-12-15-17/h10-12,14-15,19H,2-9,13,16H2,1H3. The number of hydrogen-bond donors (Lipinski definition) is 1. The molecular weight excluding hydrogens is 262 g/mol. The molecule has 0 radical (unpaired) electrons. The van der Waals surface area contributed by atoms with E-state index in [1.807, 2.05) is 30.3 Å². The molecule has 0 spiro atoms. The van der Waals surface area contributed by atoms with Crippen LogP contribution in [0, 0.1) is 0 Å². The first-order valence-electron chi connectivity index (χ1n) is 8.33. The molecule has 1 aromatic rings. The van der Waals surface area contributed by atoms with E-state index in [4.69, 9.17) is 4.84 Å². The molecule has 1 aromatic carbocycles. The lowest BCUT2D eigenvalue weighted by molar-refractivity contribution is -0.140. The quantitative estimate of drug-likeness (QED) is 0.409. The van der Waals surface area contributed by atoms with E-state index in [0.29, 0.717) is 6.42 Å². The average Bonchev–Trinajstić information content (AvgIpc) is 2.52. The Labute approximate surface area is 129 Å². The zero-order valence-electron chi connectivity index (χ0n) is 13.3. The van der Waals surface area contributed by atoms with Gasteiger partial charge in [0.05, 0.1) is 5.69 Å². The molecule has 0 aliphatic heterocycles. The minimum Gasteiger partial charge on any atom is -0.343 e. The van der Waals surface area contributed by atoms with Gasteiger partial charge in [0.1, 0.15) is 0 Å². The fraction of sp³-hybridized carbons (Fsp3) is 0.611. The molecule has 0 amide bonds. The highest BCUT2D eigenvalue weighted by Gasteiger charge is 2.03. The number of unbranched alkanes of at least 4 members (excludes halogenated alkanes) is 8. The van der Waals surface area contributed by atoms with Crippen molar-refractivity contribution < 1.29 is 9.63 Å². The Balaban J connectivity index is 1.89. The van der Waals surface area contributed by atoms with Crippen molar-refractivity contribution in [2.75, 3.05) is 5.48 Å². The summed E-state index contributed by atoms with van der Waals surface area (Å²) in [6, 6.07) is 9.46. The Bertz CT molecular complexity index is 365. The van der Waals surface area contributed by atoms with Crippen molar-refractivity contribution in [3.8, 4) is 0 Å². The van der Waals surface area contributed by atoms with Gasteiger partial charge in [-0.05, 0) is 18.6 Å². The van der Waals surface area contributed by atoms with Crippen LogP contribution in [0.5, 0.6) is 0 Å². The third-order valence-electron chi connectivity index (χ3n) is 3.54. The number of hydrogen-bond acceptors (Lipinski definition) is 3. The molecule has 0 aromatic heterocycles. The SMILES string of the molecule is CCCCCCCCCCCC(=O)ONc1ccccc1. The van der Waals surface area contributed by atoms with Crippen LogP contribution in [0.3, 0.4) is 0 Å². The van der Waals surface area contributed by atoms with Crippen LogP contribution in [0.1, 0.15) is 71.1 Å². The molecule has 0 heterocycles. The Hall–Kier alpha value is -1.51. The van der Waals surface area contributed by atoms with Crippen molar-refractivity contribution >= 4 is 11.7 Å². The highest BCUT2D eigenvalue weighted by Crippen LogP contribution is 2.11. The van der Waals surface area contributed by atoms with Gasteiger partial charge in [-0.25, -0.2) is 10.3 Å². The van der Waals surface area contributed by atoms with Gasteiger partial charge in [0.15, 0.2) is 0 Å². The molecule has 118 valence electrons. The maximum atomic E-state index is 11.5. The number of carbonyl (C=O) groups is 1. The second kappa shape index (κ2) is 12.2. The monoisotopic (exact) mass is 291 g/mol. The summed E-state index contributed by atoms with van der Waals surface area (Å²) >= 11 is 0. The summed E-state index contributed by atoms with van der Waals surface area (Å²) in [6.45, 7) is 2.24. The average molecular weight is 291 g/mol. The van der Waals surface area contributed by atoms with Gasteiger partial charge in [-0.2, -0.15) is 0 Å². The van der Waals surface area contributed by atoms with E-state index in [9.17, 15) is 4.79 Å². The largest absolute Gasteiger partial charge is 0.343 e. The first-order valence-corrected chi connectivity index (χ1v) is 8.33. The molecule has 0 bridgehead atoms. The lowest BCUT2D eigenvalue weighted by atomic mass is 10.1. The van der Waals surface area contributed by atoms with E-state index in [0.717, 1.165) is 18.5 Å². The van der Waals surface area contributed by atoms with Crippen LogP contribution in [0.25, 0.3) is 0 Å². The summed E-state index contributed by atoms with van der Waals surface area (Å²) in [5, 5.41) is 0. The van der Waals surface area contributed by atoms with Gasteiger partial charge in [-0.1, -0.05) is 76.5 Å². The van der Waals surface area contributed by atoms with Gasteiger partial charge in [-0.3, -0.25) is 0 Å². The predicted molar refractivity (Wildman–Crippen MR) is 88.0 cm³/mol. The number of benzene rings is 1.